The molecule has 7 atom stereocenters. The summed E-state index contributed by atoms with van der Waals surface area (Å²) in [6, 6.07) is 0. The number of ether oxygens (including phenoxy) is 2. The van der Waals surface area contributed by atoms with Crippen molar-refractivity contribution in [2.45, 2.75) is 148 Å². The molecule has 2 aliphatic heterocycles. The third kappa shape index (κ3) is 6.95. The first kappa shape index (κ1) is 30.0. The van der Waals surface area contributed by atoms with E-state index >= 15 is 0 Å². The SMILES string of the molecule is CC[C@H]1CC[C@@H]2O[C@@H]([C@H](/C=C/I)O[Si](C)(C)C(C)(C)C)[C@@H](O[Si](C)(C)C(C)(C)C)[C@@H](C)[C@H]2O1. The van der Waals surface area contributed by atoms with Gasteiger partial charge in [0.25, 0.3) is 0 Å². The second-order valence-electron chi connectivity index (χ2n) is 13.2. The number of fused-ring (bicyclic) bond motifs is 1. The highest BCUT2D eigenvalue weighted by atomic mass is 127. The molecule has 0 unspecified atom stereocenters. The maximum atomic E-state index is 7.15. The zero-order chi connectivity index (χ0) is 25.4. The lowest BCUT2D eigenvalue weighted by Crippen LogP contribution is -2.64. The predicted octanol–water partition coefficient (Wildman–Crippen LogP) is 8.08. The van der Waals surface area contributed by atoms with E-state index in [1.54, 1.807) is 0 Å². The second kappa shape index (κ2) is 11.0. The Morgan fingerprint density at radius 1 is 0.970 bits per heavy atom. The van der Waals surface area contributed by atoms with Gasteiger partial charge in [-0.2, -0.15) is 0 Å². The Morgan fingerprint density at radius 2 is 1.55 bits per heavy atom. The van der Waals surface area contributed by atoms with Gasteiger partial charge in [0, 0.05) is 5.92 Å². The molecular formula is C26H51IO4Si2. The van der Waals surface area contributed by atoms with Crippen LogP contribution in [0.4, 0.5) is 0 Å². The van der Waals surface area contributed by atoms with Crippen LogP contribution in [-0.4, -0.2) is 53.3 Å². The highest BCUT2D eigenvalue weighted by Crippen LogP contribution is 2.45. The fraction of sp³-hybridized carbons (Fsp3) is 0.923. The quantitative estimate of drug-likeness (QED) is 0.216. The van der Waals surface area contributed by atoms with E-state index in [2.05, 4.69) is 114 Å². The molecule has 7 heteroatoms. The molecule has 0 aromatic carbocycles. The molecule has 0 N–H and O–H groups in total. The summed E-state index contributed by atoms with van der Waals surface area (Å²) >= 11 is 2.31. The van der Waals surface area contributed by atoms with Crippen LogP contribution in [0.2, 0.25) is 36.3 Å². The van der Waals surface area contributed by atoms with Crippen molar-refractivity contribution < 1.29 is 18.3 Å². The van der Waals surface area contributed by atoms with Crippen LogP contribution in [0.25, 0.3) is 0 Å². The molecule has 4 nitrogen and oxygen atoms in total. The lowest BCUT2D eigenvalue weighted by atomic mass is 9.82. The molecular weight excluding hydrogens is 559 g/mol. The summed E-state index contributed by atoms with van der Waals surface area (Å²) in [5.74, 6) is 0.255. The molecule has 0 amide bonds. The number of hydrogen-bond donors (Lipinski definition) is 0. The smallest absolute Gasteiger partial charge is 0.193 e. The monoisotopic (exact) mass is 610 g/mol. The number of rotatable bonds is 7. The van der Waals surface area contributed by atoms with E-state index in [4.69, 9.17) is 18.3 Å². The minimum atomic E-state index is -2.03. The summed E-state index contributed by atoms with van der Waals surface area (Å²) in [5, 5.41) is 0.258. The molecule has 0 bridgehead atoms. The standard InChI is InChI=1S/C26H51IO4Si2/c1-13-19-14-15-20-22(28-19)18(2)23(31-33(11,12)26(6,7)8)24(29-20)21(16-17-27)30-32(9,10)25(3,4)5/h16-24H,13-15H2,1-12H3/b17-16+/t18-,19-,20-,21-,22+,23-,24-/m0/s1. The van der Waals surface area contributed by atoms with E-state index in [0.717, 1.165) is 19.3 Å². The molecule has 0 radical (unpaired) electrons. The maximum Gasteiger partial charge on any atom is 0.193 e. The van der Waals surface area contributed by atoms with Gasteiger partial charge >= 0.3 is 0 Å². The molecule has 2 saturated heterocycles. The molecule has 0 aromatic heterocycles. The van der Waals surface area contributed by atoms with Gasteiger partial charge < -0.3 is 18.3 Å². The lowest BCUT2D eigenvalue weighted by Gasteiger charge is -2.54. The van der Waals surface area contributed by atoms with Crippen molar-refractivity contribution in [3.63, 3.8) is 0 Å². The third-order valence-electron chi connectivity index (χ3n) is 8.70. The summed E-state index contributed by atoms with van der Waals surface area (Å²) in [6.45, 7) is 27.7. The average molecular weight is 611 g/mol. The Hall–Kier alpha value is 0.744. The summed E-state index contributed by atoms with van der Waals surface area (Å²) < 4.78 is 29.7. The van der Waals surface area contributed by atoms with Gasteiger partial charge in [-0.15, -0.1) is 0 Å². The normalized spacial score (nSPS) is 33.2. The van der Waals surface area contributed by atoms with E-state index in [9.17, 15) is 0 Å². The largest absolute Gasteiger partial charge is 0.411 e. The van der Waals surface area contributed by atoms with Crippen molar-refractivity contribution >= 4 is 39.2 Å². The summed E-state index contributed by atoms with van der Waals surface area (Å²) in [6.07, 6.45) is 5.61. The molecule has 194 valence electrons. The third-order valence-corrected chi connectivity index (χ3v) is 18.1. The summed E-state index contributed by atoms with van der Waals surface area (Å²) in [4.78, 5) is 0. The Bertz CT molecular complexity index is 668. The fourth-order valence-electron chi connectivity index (χ4n) is 4.33. The minimum Gasteiger partial charge on any atom is -0.411 e. The minimum absolute atomic E-state index is 0.0508. The second-order valence-corrected chi connectivity index (χ2v) is 23.4. The Labute approximate surface area is 220 Å². The van der Waals surface area contributed by atoms with Crippen LogP contribution in [0, 0.1) is 5.92 Å². The highest BCUT2D eigenvalue weighted by molar-refractivity contribution is 14.1. The van der Waals surface area contributed by atoms with E-state index in [-0.39, 0.29) is 46.5 Å². The lowest BCUT2D eigenvalue weighted by molar-refractivity contribution is -0.251. The fourth-order valence-corrected chi connectivity index (χ4v) is 7.36. The highest BCUT2D eigenvalue weighted by Gasteiger charge is 2.53. The molecule has 0 aliphatic carbocycles. The van der Waals surface area contributed by atoms with Crippen LogP contribution in [0.5, 0.6) is 0 Å². The molecule has 2 rings (SSSR count). The van der Waals surface area contributed by atoms with Gasteiger partial charge in [-0.25, -0.2) is 0 Å². The Kier molecular flexibility index (Phi) is 10.00. The first-order chi connectivity index (χ1) is 14.9. The van der Waals surface area contributed by atoms with Crippen molar-refractivity contribution in [3.05, 3.63) is 10.2 Å². The average Bonchev–Trinajstić information content (AvgIpc) is 2.67. The topological polar surface area (TPSA) is 36.9 Å². The number of hydrogen-bond acceptors (Lipinski definition) is 4. The van der Waals surface area contributed by atoms with Gasteiger partial charge in [-0.3, -0.25) is 0 Å². The molecule has 0 aromatic rings. The van der Waals surface area contributed by atoms with Gasteiger partial charge in [0.15, 0.2) is 16.6 Å². The van der Waals surface area contributed by atoms with Gasteiger partial charge in [0.1, 0.15) is 6.10 Å². The van der Waals surface area contributed by atoms with Crippen molar-refractivity contribution in [2.75, 3.05) is 0 Å². The van der Waals surface area contributed by atoms with E-state index in [1.165, 1.54) is 0 Å². The Balaban J connectivity index is 2.45. The van der Waals surface area contributed by atoms with Crippen molar-refractivity contribution in [3.8, 4) is 0 Å². The summed E-state index contributed by atoms with van der Waals surface area (Å²) in [5.41, 5.74) is 0. The molecule has 2 heterocycles. The van der Waals surface area contributed by atoms with E-state index in [1.807, 2.05) is 0 Å². The van der Waals surface area contributed by atoms with Crippen LogP contribution in [0.15, 0.2) is 10.2 Å². The van der Waals surface area contributed by atoms with Gasteiger partial charge in [-0.1, -0.05) is 78.0 Å². The maximum absolute atomic E-state index is 7.15. The zero-order valence-electron chi connectivity index (χ0n) is 23.3. The number of halogens is 1. The van der Waals surface area contributed by atoms with Crippen LogP contribution < -0.4 is 0 Å². The predicted molar refractivity (Wildman–Crippen MR) is 153 cm³/mol. The first-order valence-corrected chi connectivity index (χ1v) is 19.9. The van der Waals surface area contributed by atoms with E-state index in [0.29, 0.717) is 6.10 Å². The Morgan fingerprint density at radius 3 is 2.03 bits per heavy atom. The van der Waals surface area contributed by atoms with Gasteiger partial charge in [-0.05, 0) is 65.7 Å². The molecule has 2 fully saturated rings. The molecule has 0 spiro atoms. The molecule has 33 heavy (non-hydrogen) atoms. The van der Waals surface area contributed by atoms with Crippen LogP contribution in [-0.2, 0) is 18.3 Å². The van der Waals surface area contributed by atoms with Crippen LogP contribution in [0.1, 0.15) is 74.7 Å². The van der Waals surface area contributed by atoms with Gasteiger partial charge in [0.2, 0.25) is 0 Å². The van der Waals surface area contributed by atoms with Crippen molar-refractivity contribution in [2.24, 2.45) is 5.92 Å². The van der Waals surface area contributed by atoms with Crippen LogP contribution >= 0.6 is 22.6 Å². The van der Waals surface area contributed by atoms with Gasteiger partial charge in [0.05, 0.1) is 30.5 Å². The van der Waals surface area contributed by atoms with Crippen molar-refractivity contribution in [1.82, 2.24) is 0 Å². The molecule has 2 aliphatic rings. The van der Waals surface area contributed by atoms with Crippen molar-refractivity contribution in [1.29, 1.82) is 0 Å². The molecule has 0 saturated carbocycles. The van der Waals surface area contributed by atoms with E-state index < -0.39 is 16.6 Å². The zero-order valence-corrected chi connectivity index (χ0v) is 27.5. The summed E-state index contributed by atoms with van der Waals surface area (Å²) in [7, 11) is -4.03. The first-order valence-electron chi connectivity index (χ1n) is 12.9. The van der Waals surface area contributed by atoms with Crippen LogP contribution in [0.3, 0.4) is 0 Å².